The largest absolute Gasteiger partial charge is 0.490 e. The fraction of sp³-hybridized carbons (Fsp3) is 0.667. The lowest BCUT2D eigenvalue weighted by atomic mass is 9.97. The summed E-state index contributed by atoms with van der Waals surface area (Å²) in [7, 11) is 0. The Kier molecular flexibility index (Phi) is 7.30. The maximum absolute atomic E-state index is 12.7. The Morgan fingerprint density at radius 1 is 1.28 bits per heavy atom. The molecule has 0 unspecified atom stereocenters. The molecule has 0 heterocycles. The van der Waals surface area contributed by atoms with E-state index in [4.69, 9.17) is 9.47 Å². The number of carbonyl (C=O) groups is 1. The third kappa shape index (κ3) is 5.46. The number of rotatable bonds is 9. The Bertz CT molecular complexity index is 566. The van der Waals surface area contributed by atoms with Gasteiger partial charge in [0, 0.05) is 12.3 Å². The SMILES string of the molecule is CCCC[C@@](C)(OCC)C(=O)Nc1ccc(OC2CCCC2)c(C)c1. The van der Waals surface area contributed by atoms with Crippen molar-refractivity contribution in [2.75, 3.05) is 11.9 Å². The number of nitrogens with one attached hydrogen (secondary N) is 1. The molecule has 1 fully saturated rings. The molecular weight excluding hydrogens is 314 g/mol. The van der Waals surface area contributed by atoms with E-state index in [2.05, 4.69) is 12.2 Å². The van der Waals surface area contributed by atoms with E-state index < -0.39 is 5.60 Å². The van der Waals surface area contributed by atoms with Gasteiger partial charge in [0.15, 0.2) is 0 Å². The Hall–Kier alpha value is -1.55. The van der Waals surface area contributed by atoms with E-state index >= 15 is 0 Å². The third-order valence-corrected chi connectivity index (χ3v) is 4.98. The molecule has 1 aliphatic rings. The van der Waals surface area contributed by atoms with Crippen LogP contribution >= 0.6 is 0 Å². The molecule has 0 aliphatic heterocycles. The highest BCUT2D eigenvalue weighted by Gasteiger charge is 2.33. The van der Waals surface area contributed by atoms with Crippen LogP contribution in [0, 0.1) is 6.92 Å². The summed E-state index contributed by atoms with van der Waals surface area (Å²) in [6.45, 7) is 8.49. The van der Waals surface area contributed by atoms with E-state index in [1.807, 2.05) is 39.0 Å². The molecule has 0 saturated heterocycles. The number of hydrogen-bond donors (Lipinski definition) is 1. The van der Waals surface area contributed by atoms with Gasteiger partial charge in [0.25, 0.3) is 5.91 Å². The van der Waals surface area contributed by atoms with Crippen molar-refractivity contribution in [2.24, 2.45) is 0 Å². The molecule has 1 aromatic rings. The number of anilines is 1. The summed E-state index contributed by atoms with van der Waals surface area (Å²) < 4.78 is 11.9. The predicted octanol–water partition coefficient (Wildman–Crippen LogP) is 5.24. The van der Waals surface area contributed by atoms with Crippen molar-refractivity contribution in [3.63, 3.8) is 0 Å². The third-order valence-electron chi connectivity index (χ3n) is 4.98. The van der Waals surface area contributed by atoms with Gasteiger partial charge in [0.1, 0.15) is 11.4 Å². The first-order chi connectivity index (χ1) is 12.0. The van der Waals surface area contributed by atoms with Crippen molar-refractivity contribution in [2.45, 2.75) is 84.3 Å². The fourth-order valence-electron chi connectivity index (χ4n) is 3.39. The van der Waals surface area contributed by atoms with Crippen molar-refractivity contribution in [3.05, 3.63) is 23.8 Å². The maximum Gasteiger partial charge on any atom is 0.256 e. The number of unbranched alkanes of at least 4 members (excludes halogenated alkanes) is 1. The molecule has 1 atom stereocenters. The van der Waals surface area contributed by atoms with Gasteiger partial charge < -0.3 is 14.8 Å². The highest BCUT2D eigenvalue weighted by Crippen LogP contribution is 2.29. The zero-order chi connectivity index (χ0) is 18.3. The summed E-state index contributed by atoms with van der Waals surface area (Å²) in [4.78, 5) is 12.7. The molecule has 1 N–H and O–H groups in total. The van der Waals surface area contributed by atoms with Crippen LogP contribution < -0.4 is 10.1 Å². The Morgan fingerprint density at radius 2 is 2.00 bits per heavy atom. The number of benzene rings is 1. The van der Waals surface area contributed by atoms with Crippen LogP contribution in [-0.2, 0) is 9.53 Å². The molecule has 140 valence electrons. The number of hydrogen-bond acceptors (Lipinski definition) is 3. The monoisotopic (exact) mass is 347 g/mol. The summed E-state index contributed by atoms with van der Waals surface area (Å²) in [5.74, 6) is 0.843. The first-order valence-corrected chi connectivity index (χ1v) is 9.71. The van der Waals surface area contributed by atoms with Crippen molar-refractivity contribution in [3.8, 4) is 5.75 Å². The number of aryl methyl sites for hydroxylation is 1. The van der Waals surface area contributed by atoms with Gasteiger partial charge in [-0.25, -0.2) is 0 Å². The summed E-state index contributed by atoms with van der Waals surface area (Å²) in [6, 6.07) is 5.86. The van der Waals surface area contributed by atoms with Crippen molar-refractivity contribution >= 4 is 11.6 Å². The standard InChI is InChI=1S/C21H33NO3/c1-5-7-14-21(4,24-6-2)20(23)22-17-12-13-19(16(3)15-17)25-18-10-8-9-11-18/h12-13,15,18H,5-11,14H2,1-4H3,(H,22,23)/t21-/m1/s1. The molecular formula is C21H33NO3. The minimum atomic E-state index is -0.780. The van der Waals surface area contributed by atoms with Crippen LogP contribution in [0.3, 0.4) is 0 Å². The average Bonchev–Trinajstić information content (AvgIpc) is 3.09. The van der Waals surface area contributed by atoms with Gasteiger partial charge in [-0.3, -0.25) is 4.79 Å². The second-order valence-corrected chi connectivity index (χ2v) is 7.23. The summed E-state index contributed by atoms with van der Waals surface area (Å²) in [5, 5.41) is 3.02. The predicted molar refractivity (Wildman–Crippen MR) is 102 cm³/mol. The van der Waals surface area contributed by atoms with Gasteiger partial charge in [-0.15, -0.1) is 0 Å². The molecule has 25 heavy (non-hydrogen) atoms. The van der Waals surface area contributed by atoms with Crippen LogP contribution in [0.25, 0.3) is 0 Å². The molecule has 0 aromatic heterocycles. The normalized spacial score (nSPS) is 17.3. The highest BCUT2D eigenvalue weighted by molar-refractivity contribution is 5.97. The van der Waals surface area contributed by atoms with Gasteiger partial charge in [-0.1, -0.05) is 19.8 Å². The van der Waals surface area contributed by atoms with Crippen molar-refractivity contribution < 1.29 is 14.3 Å². The van der Waals surface area contributed by atoms with Crippen LogP contribution in [0.1, 0.15) is 71.3 Å². The van der Waals surface area contributed by atoms with Gasteiger partial charge in [-0.2, -0.15) is 0 Å². The van der Waals surface area contributed by atoms with E-state index in [9.17, 15) is 4.79 Å². The first kappa shape index (κ1) is 19.8. The average molecular weight is 347 g/mol. The van der Waals surface area contributed by atoms with Crippen molar-refractivity contribution in [1.82, 2.24) is 0 Å². The molecule has 0 radical (unpaired) electrons. The lowest BCUT2D eigenvalue weighted by molar-refractivity contribution is -0.139. The molecule has 0 bridgehead atoms. The van der Waals surface area contributed by atoms with Gasteiger partial charge in [0.2, 0.25) is 0 Å². The minimum absolute atomic E-state index is 0.0772. The molecule has 0 spiro atoms. The summed E-state index contributed by atoms with van der Waals surface area (Å²) >= 11 is 0. The maximum atomic E-state index is 12.7. The van der Waals surface area contributed by atoms with Crippen LogP contribution in [0.15, 0.2) is 18.2 Å². The second kappa shape index (κ2) is 9.23. The zero-order valence-electron chi connectivity index (χ0n) is 16.2. The molecule has 1 amide bonds. The van der Waals surface area contributed by atoms with Gasteiger partial charge in [0.05, 0.1) is 6.10 Å². The lowest BCUT2D eigenvalue weighted by Crippen LogP contribution is -2.42. The van der Waals surface area contributed by atoms with Crippen LogP contribution in [0.2, 0.25) is 0 Å². The van der Waals surface area contributed by atoms with E-state index in [1.165, 1.54) is 12.8 Å². The number of amides is 1. The fourth-order valence-corrected chi connectivity index (χ4v) is 3.39. The summed E-state index contributed by atoms with van der Waals surface area (Å²) in [6.07, 6.45) is 7.88. The molecule has 1 saturated carbocycles. The lowest BCUT2D eigenvalue weighted by Gasteiger charge is -2.28. The van der Waals surface area contributed by atoms with Crippen LogP contribution in [0.4, 0.5) is 5.69 Å². The molecule has 4 nitrogen and oxygen atoms in total. The topological polar surface area (TPSA) is 47.6 Å². The number of ether oxygens (including phenoxy) is 2. The van der Waals surface area contributed by atoms with Gasteiger partial charge in [-0.05, 0) is 76.6 Å². The van der Waals surface area contributed by atoms with E-state index in [-0.39, 0.29) is 5.91 Å². The number of carbonyl (C=O) groups excluding carboxylic acids is 1. The first-order valence-electron chi connectivity index (χ1n) is 9.71. The van der Waals surface area contributed by atoms with Gasteiger partial charge >= 0.3 is 0 Å². The quantitative estimate of drug-likeness (QED) is 0.664. The highest BCUT2D eigenvalue weighted by atomic mass is 16.5. The van der Waals surface area contributed by atoms with E-state index in [0.29, 0.717) is 12.7 Å². The second-order valence-electron chi connectivity index (χ2n) is 7.23. The minimum Gasteiger partial charge on any atom is -0.490 e. The van der Waals surface area contributed by atoms with E-state index in [1.54, 1.807) is 0 Å². The Morgan fingerprint density at radius 3 is 2.60 bits per heavy atom. The van der Waals surface area contributed by atoms with Crippen molar-refractivity contribution in [1.29, 1.82) is 0 Å². The zero-order valence-corrected chi connectivity index (χ0v) is 16.2. The van der Waals surface area contributed by atoms with Crippen LogP contribution in [0.5, 0.6) is 5.75 Å². The van der Waals surface area contributed by atoms with E-state index in [0.717, 1.165) is 49.1 Å². The molecule has 1 aliphatic carbocycles. The summed E-state index contributed by atoms with van der Waals surface area (Å²) in [5.41, 5.74) is 1.07. The smallest absolute Gasteiger partial charge is 0.256 e. The molecule has 2 rings (SSSR count). The molecule has 4 heteroatoms. The Labute approximate surface area is 152 Å². The molecule has 1 aromatic carbocycles. The van der Waals surface area contributed by atoms with Crippen LogP contribution in [-0.4, -0.2) is 24.2 Å². The Balaban J connectivity index is 2.02.